The zero-order valence-corrected chi connectivity index (χ0v) is 9.78. The van der Waals surface area contributed by atoms with Gasteiger partial charge in [0.15, 0.2) is 0 Å². The monoisotopic (exact) mass is 238 g/mol. The molecule has 0 saturated carbocycles. The molecule has 0 saturated heterocycles. The molecule has 0 radical (unpaired) electrons. The van der Waals surface area contributed by atoms with Gasteiger partial charge in [-0.1, -0.05) is 30.4 Å². The van der Waals surface area contributed by atoms with Crippen LogP contribution >= 0.6 is 0 Å². The third-order valence-corrected chi connectivity index (χ3v) is 1.85. The van der Waals surface area contributed by atoms with Crippen LogP contribution in [-0.4, -0.2) is 34.0 Å². The maximum Gasteiger partial charge on any atom is 0.328 e. The Labute approximate surface area is 101 Å². The summed E-state index contributed by atoms with van der Waals surface area (Å²) in [5.41, 5.74) is 0.763. The van der Waals surface area contributed by atoms with Gasteiger partial charge >= 0.3 is 5.97 Å². The Balaban J connectivity index is 4.14. The number of aliphatic hydroxyl groups excluding tert-OH is 2. The quantitative estimate of drug-likeness (QED) is 0.463. The average Bonchev–Trinajstić information content (AvgIpc) is 2.30. The number of hydrogen-bond acceptors (Lipinski definition) is 3. The van der Waals surface area contributed by atoms with Crippen LogP contribution in [-0.2, 0) is 4.79 Å². The summed E-state index contributed by atoms with van der Waals surface area (Å²) in [6.45, 7) is 1.81. The Hall–Kier alpha value is -1.65. The number of aliphatic hydroxyl groups is 2. The van der Waals surface area contributed by atoms with Gasteiger partial charge in [-0.2, -0.15) is 0 Å². The summed E-state index contributed by atoms with van der Waals surface area (Å²) in [4.78, 5) is 10.2. The molecule has 94 valence electrons. The highest BCUT2D eigenvalue weighted by Crippen LogP contribution is 1.99. The maximum atomic E-state index is 10.2. The second-order valence-corrected chi connectivity index (χ2v) is 3.33. The first-order valence-corrected chi connectivity index (χ1v) is 5.28. The van der Waals surface area contributed by atoms with E-state index in [1.807, 2.05) is 13.0 Å². The van der Waals surface area contributed by atoms with Gasteiger partial charge < -0.3 is 15.3 Å². The largest absolute Gasteiger partial charge is 0.478 e. The van der Waals surface area contributed by atoms with Crippen molar-refractivity contribution >= 4 is 5.97 Å². The first-order valence-electron chi connectivity index (χ1n) is 5.28. The lowest BCUT2D eigenvalue weighted by molar-refractivity contribution is -0.131. The molecule has 0 bridgehead atoms. The van der Waals surface area contributed by atoms with E-state index in [1.165, 1.54) is 6.08 Å². The number of carboxylic acid groups (broad SMARTS) is 1. The Morgan fingerprint density at radius 1 is 1.35 bits per heavy atom. The van der Waals surface area contributed by atoms with Gasteiger partial charge in [-0.15, -0.1) is 0 Å². The van der Waals surface area contributed by atoms with Gasteiger partial charge in [0.25, 0.3) is 0 Å². The molecule has 0 aliphatic rings. The van der Waals surface area contributed by atoms with Crippen LogP contribution in [0.25, 0.3) is 0 Å². The van der Waals surface area contributed by atoms with Crippen molar-refractivity contribution in [3.05, 3.63) is 48.1 Å². The van der Waals surface area contributed by atoms with Gasteiger partial charge in [-0.05, 0) is 25.0 Å². The summed E-state index contributed by atoms with van der Waals surface area (Å²) in [6.07, 6.45) is 10.4. The Morgan fingerprint density at radius 2 is 2.06 bits per heavy atom. The molecular weight excluding hydrogens is 220 g/mol. The number of hydrogen-bond donors (Lipinski definition) is 3. The summed E-state index contributed by atoms with van der Waals surface area (Å²) in [6, 6.07) is 0. The van der Waals surface area contributed by atoms with Crippen molar-refractivity contribution in [2.75, 3.05) is 6.61 Å². The molecule has 17 heavy (non-hydrogen) atoms. The molecule has 0 amide bonds. The minimum atomic E-state index is -1.08. The van der Waals surface area contributed by atoms with Crippen LogP contribution in [0.3, 0.4) is 0 Å². The lowest BCUT2D eigenvalue weighted by Gasteiger charge is -1.98. The zero-order valence-electron chi connectivity index (χ0n) is 9.78. The Kier molecular flexibility index (Phi) is 8.64. The van der Waals surface area contributed by atoms with Crippen molar-refractivity contribution < 1.29 is 20.1 Å². The molecule has 4 heteroatoms. The van der Waals surface area contributed by atoms with Crippen LogP contribution in [0.5, 0.6) is 0 Å². The van der Waals surface area contributed by atoms with E-state index < -0.39 is 12.1 Å². The fourth-order valence-electron chi connectivity index (χ4n) is 1.06. The highest BCUT2D eigenvalue weighted by atomic mass is 16.4. The van der Waals surface area contributed by atoms with E-state index in [4.69, 9.17) is 10.2 Å². The predicted octanol–water partition coefficient (Wildman–Crippen LogP) is 1.43. The second kappa shape index (κ2) is 9.57. The van der Waals surface area contributed by atoms with E-state index >= 15 is 0 Å². The first kappa shape index (κ1) is 15.3. The molecule has 0 aliphatic carbocycles. The molecule has 1 unspecified atom stereocenters. The van der Waals surface area contributed by atoms with Crippen molar-refractivity contribution in [3.8, 4) is 0 Å². The Morgan fingerprint density at radius 3 is 2.59 bits per heavy atom. The molecule has 0 aromatic heterocycles. The maximum absolute atomic E-state index is 10.2. The predicted molar refractivity (Wildman–Crippen MR) is 66.5 cm³/mol. The lowest BCUT2D eigenvalue weighted by Crippen LogP contribution is -2.01. The minimum Gasteiger partial charge on any atom is -0.478 e. The molecule has 0 rings (SSSR count). The number of carbonyl (C=O) groups is 1. The summed E-state index contributed by atoms with van der Waals surface area (Å²) in [7, 11) is 0. The van der Waals surface area contributed by atoms with Crippen LogP contribution in [0.1, 0.15) is 13.3 Å². The third kappa shape index (κ3) is 9.29. The lowest BCUT2D eigenvalue weighted by atomic mass is 10.2. The van der Waals surface area contributed by atoms with Crippen LogP contribution in [0.2, 0.25) is 0 Å². The molecule has 0 aromatic rings. The second-order valence-electron chi connectivity index (χ2n) is 3.33. The van der Waals surface area contributed by atoms with Gasteiger partial charge in [-0.25, -0.2) is 4.79 Å². The summed E-state index contributed by atoms with van der Waals surface area (Å²) in [5.74, 6) is -1.08. The Bertz CT molecular complexity index is 337. The summed E-state index contributed by atoms with van der Waals surface area (Å²) < 4.78 is 0. The fourth-order valence-corrected chi connectivity index (χ4v) is 1.06. The molecule has 0 fully saturated rings. The van der Waals surface area contributed by atoms with E-state index in [0.717, 1.165) is 11.6 Å². The van der Waals surface area contributed by atoms with Crippen LogP contribution < -0.4 is 0 Å². The van der Waals surface area contributed by atoms with Crippen LogP contribution in [0, 0.1) is 0 Å². The van der Waals surface area contributed by atoms with Crippen molar-refractivity contribution in [2.24, 2.45) is 0 Å². The van der Waals surface area contributed by atoms with E-state index in [0.29, 0.717) is 6.42 Å². The average molecular weight is 238 g/mol. The summed E-state index contributed by atoms with van der Waals surface area (Å²) >= 11 is 0. The SMILES string of the molecule is C/C=C/C(=C/C=C/CC(O)/C=C/C(=O)O)CO. The molecule has 0 heterocycles. The van der Waals surface area contributed by atoms with Crippen molar-refractivity contribution in [3.63, 3.8) is 0 Å². The van der Waals surface area contributed by atoms with E-state index in [1.54, 1.807) is 24.3 Å². The zero-order chi connectivity index (χ0) is 13.1. The number of rotatable bonds is 7. The van der Waals surface area contributed by atoms with Gasteiger partial charge in [0.1, 0.15) is 0 Å². The number of aliphatic carboxylic acids is 1. The topological polar surface area (TPSA) is 77.8 Å². The van der Waals surface area contributed by atoms with Crippen molar-refractivity contribution in [1.82, 2.24) is 0 Å². The molecular formula is C13H18O4. The van der Waals surface area contributed by atoms with Crippen molar-refractivity contribution in [1.29, 1.82) is 0 Å². The molecule has 0 aliphatic heterocycles. The van der Waals surface area contributed by atoms with Gasteiger partial charge in [0.2, 0.25) is 0 Å². The minimum absolute atomic E-state index is 0.0455. The van der Waals surface area contributed by atoms with Crippen LogP contribution in [0.15, 0.2) is 48.1 Å². The number of allylic oxidation sites excluding steroid dienone is 3. The van der Waals surface area contributed by atoms with Gasteiger partial charge in [0.05, 0.1) is 12.7 Å². The number of carboxylic acids is 1. The van der Waals surface area contributed by atoms with E-state index in [9.17, 15) is 9.90 Å². The summed E-state index contributed by atoms with van der Waals surface area (Å²) in [5, 5.41) is 26.6. The molecule has 1 atom stereocenters. The standard InChI is InChI=1S/C13H18O4/c1-2-5-11(10-14)6-3-4-7-12(15)8-9-13(16)17/h2-6,8-9,12,14-15H,7,10H2,1H3,(H,16,17)/b4-3+,5-2+,9-8+,11-6-. The normalized spacial score (nSPS) is 15.1. The first-order chi connectivity index (χ1) is 8.10. The molecule has 0 spiro atoms. The molecule has 4 nitrogen and oxygen atoms in total. The van der Waals surface area contributed by atoms with E-state index in [2.05, 4.69) is 0 Å². The fraction of sp³-hybridized carbons (Fsp3) is 0.308. The smallest absolute Gasteiger partial charge is 0.328 e. The van der Waals surface area contributed by atoms with Gasteiger partial charge in [-0.3, -0.25) is 0 Å². The third-order valence-electron chi connectivity index (χ3n) is 1.85. The van der Waals surface area contributed by atoms with E-state index in [-0.39, 0.29) is 6.61 Å². The highest BCUT2D eigenvalue weighted by Gasteiger charge is 1.95. The van der Waals surface area contributed by atoms with Gasteiger partial charge in [0, 0.05) is 6.08 Å². The molecule has 0 aromatic carbocycles. The highest BCUT2D eigenvalue weighted by molar-refractivity contribution is 5.79. The van der Waals surface area contributed by atoms with Crippen molar-refractivity contribution in [2.45, 2.75) is 19.4 Å². The van der Waals surface area contributed by atoms with Crippen LogP contribution in [0.4, 0.5) is 0 Å². The molecule has 3 N–H and O–H groups in total.